The Kier molecular flexibility index (Phi) is 3.66. The minimum absolute atomic E-state index is 0.151. The first-order valence-electron chi connectivity index (χ1n) is 6.08. The van der Waals surface area contributed by atoms with Crippen molar-refractivity contribution in [1.29, 1.82) is 0 Å². The Labute approximate surface area is 112 Å². The summed E-state index contributed by atoms with van der Waals surface area (Å²) in [5, 5.41) is 4.04. The average molecular weight is 258 g/mol. The fourth-order valence-corrected chi connectivity index (χ4v) is 2.01. The van der Waals surface area contributed by atoms with Crippen LogP contribution in [0.15, 0.2) is 36.7 Å². The van der Waals surface area contributed by atoms with Crippen LogP contribution in [0.2, 0.25) is 0 Å². The van der Waals surface area contributed by atoms with Crippen molar-refractivity contribution in [2.75, 3.05) is 11.9 Å². The Bertz CT molecular complexity index is 591. The first-order valence-corrected chi connectivity index (χ1v) is 6.08. The van der Waals surface area contributed by atoms with E-state index in [0.29, 0.717) is 5.56 Å². The van der Waals surface area contributed by atoms with Crippen molar-refractivity contribution in [3.63, 3.8) is 0 Å². The molecule has 1 aromatic heterocycles. The normalized spacial score (nSPS) is 12.2. The van der Waals surface area contributed by atoms with Crippen LogP contribution in [0.25, 0.3) is 0 Å². The van der Waals surface area contributed by atoms with Gasteiger partial charge in [0.15, 0.2) is 0 Å². The van der Waals surface area contributed by atoms with Crippen molar-refractivity contribution >= 4 is 11.6 Å². The molecule has 1 aromatic carbocycles. The number of aryl methyl sites for hydroxylation is 2. The van der Waals surface area contributed by atoms with Crippen molar-refractivity contribution in [2.45, 2.75) is 13.0 Å². The Balaban J connectivity index is 2.22. The molecule has 5 heteroatoms. The monoisotopic (exact) mass is 258 g/mol. The quantitative estimate of drug-likeness (QED) is 0.905. The fraction of sp³-hybridized carbons (Fsp3) is 0.286. The molecule has 0 saturated heterocycles. The maximum atomic E-state index is 12.4. The highest BCUT2D eigenvalue weighted by molar-refractivity contribution is 5.97. The van der Waals surface area contributed by atoms with Gasteiger partial charge >= 0.3 is 0 Å². The van der Waals surface area contributed by atoms with E-state index >= 15 is 0 Å². The number of benzene rings is 1. The van der Waals surface area contributed by atoms with Crippen molar-refractivity contribution in [3.05, 3.63) is 47.8 Å². The highest BCUT2D eigenvalue weighted by atomic mass is 16.2. The lowest BCUT2D eigenvalue weighted by molar-refractivity contribution is -0.119. The molecular formula is C14H18N4O. The number of hydrogen-bond acceptors (Lipinski definition) is 3. The third-order valence-electron chi connectivity index (χ3n) is 3.16. The summed E-state index contributed by atoms with van der Waals surface area (Å²) in [6.45, 7) is 1.97. The summed E-state index contributed by atoms with van der Waals surface area (Å²) in [5.74, 6) is -0.151. The lowest BCUT2D eigenvalue weighted by Gasteiger charge is -2.22. The molecule has 100 valence electrons. The number of para-hydroxylation sites is 1. The van der Waals surface area contributed by atoms with Gasteiger partial charge in [0.1, 0.15) is 6.04 Å². The first kappa shape index (κ1) is 13.3. The van der Waals surface area contributed by atoms with Crippen LogP contribution in [-0.2, 0) is 11.8 Å². The minimum atomic E-state index is -0.696. The summed E-state index contributed by atoms with van der Waals surface area (Å²) in [4.78, 5) is 14.0. The van der Waals surface area contributed by atoms with Crippen LogP contribution in [0.3, 0.4) is 0 Å². The van der Waals surface area contributed by atoms with Gasteiger partial charge in [0.05, 0.1) is 6.20 Å². The minimum Gasteiger partial charge on any atom is -0.316 e. The van der Waals surface area contributed by atoms with Gasteiger partial charge < -0.3 is 10.6 Å². The maximum Gasteiger partial charge on any atom is 0.248 e. The van der Waals surface area contributed by atoms with Crippen LogP contribution in [0, 0.1) is 6.92 Å². The molecule has 1 heterocycles. The van der Waals surface area contributed by atoms with Crippen LogP contribution >= 0.6 is 0 Å². The van der Waals surface area contributed by atoms with E-state index in [0.717, 1.165) is 11.3 Å². The summed E-state index contributed by atoms with van der Waals surface area (Å²) in [6, 6.07) is 7.02. The zero-order chi connectivity index (χ0) is 14.0. The van der Waals surface area contributed by atoms with Crippen LogP contribution < -0.4 is 10.6 Å². The summed E-state index contributed by atoms with van der Waals surface area (Å²) < 4.78 is 1.64. The SMILES string of the molecule is Cc1ccccc1N(C)C(=O)C(N)c1cnn(C)c1. The van der Waals surface area contributed by atoms with E-state index in [2.05, 4.69) is 5.10 Å². The van der Waals surface area contributed by atoms with E-state index in [4.69, 9.17) is 5.73 Å². The molecular weight excluding hydrogens is 240 g/mol. The number of anilines is 1. The van der Waals surface area contributed by atoms with Gasteiger partial charge in [0.25, 0.3) is 0 Å². The van der Waals surface area contributed by atoms with E-state index in [1.54, 1.807) is 36.1 Å². The van der Waals surface area contributed by atoms with Gasteiger partial charge in [-0.1, -0.05) is 18.2 Å². The number of aromatic nitrogens is 2. The lowest BCUT2D eigenvalue weighted by Crippen LogP contribution is -2.36. The number of nitrogens with zero attached hydrogens (tertiary/aromatic N) is 3. The second kappa shape index (κ2) is 5.24. The predicted molar refractivity (Wildman–Crippen MR) is 74.7 cm³/mol. The number of carbonyl (C=O) groups is 1. The predicted octanol–water partition coefficient (Wildman–Crippen LogP) is 1.39. The van der Waals surface area contributed by atoms with Crippen molar-refractivity contribution in [1.82, 2.24) is 9.78 Å². The molecule has 2 rings (SSSR count). The molecule has 0 fully saturated rings. The topological polar surface area (TPSA) is 64.2 Å². The molecule has 1 atom stereocenters. The Morgan fingerprint density at radius 1 is 1.42 bits per heavy atom. The molecule has 1 amide bonds. The third kappa shape index (κ3) is 2.66. The number of nitrogens with two attached hydrogens (primary N) is 1. The van der Waals surface area contributed by atoms with Crippen molar-refractivity contribution in [2.24, 2.45) is 12.8 Å². The Morgan fingerprint density at radius 2 is 2.11 bits per heavy atom. The van der Waals surface area contributed by atoms with Crippen LogP contribution in [0.4, 0.5) is 5.69 Å². The van der Waals surface area contributed by atoms with Crippen LogP contribution in [-0.4, -0.2) is 22.7 Å². The maximum absolute atomic E-state index is 12.4. The first-order chi connectivity index (χ1) is 9.00. The number of carbonyl (C=O) groups excluding carboxylic acids is 1. The molecule has 0 bridgehead atoms. The second-order valence-electron chi connectivity index (χ2n) is 4.61. The Hall–Kier alpha value is -2.14. The van der Waals surface area contributed by atoms with Gasteiger partial charge in [-0.05, 0) is 18.6 Å². The molecule has 1 unspecified atom stereocenters. The van der Waals surface area contributed by atoms with E-state index in [1.165, 1.54) is 0 Å². The molecule has 0 aliphatic heterocycles. The van der Waals surface area contributed by atoms with E-state index < -0.39 is 6.04 Å². The molecule has 5 nitrogen and oxygen atoms in total. The largest absolute Gasteiger partial charge is 0.316 e. The van der Waals surface area contributed by atoms with Gasteiger partial charge in [-0.25, -0.2) is 0 Å². The average Bonchev–Trinajstić information content (AvgIpc) is 2.83. The third-order valence-corrected chi connectivity index (χ3v) is 3.16. The number of amides is 1. The summed E-state index contributed by atoms with van der Waals surface area (Å²) >= 11 is 0. The van der Waals surface area contributed by atoms with Gasteiger partial charge in [-0.2, -0.15) is 5.10 Å². The molecule has 0 spiro atoms. The summed E-state index contributed by atoms with van der Waals surface area (Å²) in [6.07, 6.45) is 3.38. The van der Waals surface area contributed by atoms with Gasteiger partial charge in [0.2, 0.25) is 5.91 Å². The second-order valence-corrected chi connectivity index (χ2v) is 4.61. The van der Waals surface area contributed by atoms with Gasteiger partial charge in [0, 0.05) is 31.5 Å². The van der Waals surface area contributed by atoms with Gasteiger partial charge in [-0.3, -0.25) is 9.48 Å². The van der Waals surface area contributed by atoms with Gasteiger partial charge in [-0.15, -0.1) is 0 Å². The zero-order valence-electron chi connectivity index (χ0n) is 11.4. The summed E-state index contributed by atoms with van der Waals surface area (Å²) in [7, 11) is 3.53. The summed E-state index contributed by atoms with van der Waals surface area (Å²) in [5.41, 5.74) is 8.62. The van der Waals surface area contributed by atoms with E-state index in [-0.39, 0.29) is 5.91 Å². The molecule has 2 aromatic rings. The number of likely N-dealkylation sites (N-methyl/N-ethyl adjacent to an activating group) is 1. The lowest BCUT2D eigenvalue weighted by atomic mass is 10.1. The highest BCUT2D eigenvalue weighted by Crippen LogP contribution is 2.21. The van der Waals surface area contributed by atoms with E-state index in [1.807, 2.05) is 31.2 Å². The van der Waals surface area contributed by atoms with E-state index in [9.17, 15) is 4.79 Å². The Morgan fingerprint density at radius 3 is 2.68 bits per heavy atom. The van der Waals surface area contributed by atoms with Crippen LogP contribution in [0.1, 0.15) is 17.2 Å². The molecule has 0 saturated carbocycles. The molecule has 0 radical (unpaired) electrons. The molecule has 19 heavy (non-hydrogen) atoms. The highest BCUT2D eigenvalue weighted by Gasteiger charge is 2.22. The molecule has 0 aliphatic carbocycles. The molecule has 0 aliphatic rings. The standard InChI is InChI=1S/C14H18N4O/c1-10-6-4-5-7-12(10)18(3)14(19)13(15)11-8-16-17(2)9-11/h4-9,13H,15H2,1-3H3. The molecule has 2 N–H and O–H groups in total. The smallest absolute Gasteiger partial charge is 0.248 e. The van der Waals surface area contributed by atoms with Crippen molar-refractivity contribution in [3.8, 4) is 0 Å². The number of hydrogen-bond donors (Lipinski definition) is 1. The number of rotatable bonds is 3. The van der Waals surface area contributed by atoms with Crippen LogP contribution in [0.5, 0.6) is 0 Å². The fourth-order valence-electron chi connectivity index (χ4n) is 2.01. The van der Waals surface area contributed by atoms with Crippen molar-refractivity contribution < 1.29 is 4.79 Å². The zero-order valence-corrected chi connectivity index (χ0v) is 11.4.